The number of aromatic nitrogens is 2. The second kappa shape index (κ2) is 1.92. The summed E-state index contributed by atoms with van der Waals surface area (Å²) in [6, 6.07) is 0. The number of nitrogens with one attached hydrogen (secondary N) is 1. The van der Waals surface area contributed by atoms with Crippen LogP contribution in [-0.4, -0.2) is 10.2 Å². The standard InChI is InChI=1S/C3H2ClN3O/c4-3-2(7-8)1-5-6-3/h1H,(H,5,6). The third-order valence-corrected chi connectivity index (χ3v) is 0.951. The maximum Gasteiger partial charge on any atom is 0.164 e. The molecule has 4 nitrogen and oxygen atoms in total. The third kappa shape index (κ3) is 0.696. The van der Waals surface area contributed by atoms with E-state index in [0.717, 1.165) is 0 Å². The van der Waals surface area contributed by atoms with Crippen LogP contribution in [0.3, 0.4) is 0 Å². The van der Waals surface area contributed by atoms with Crippen LogP contribution in [-0.2, 0) is 0 Å². The molecule has 1 N–H and O–H groups in total. The molecule has 1 aromatic heterocycles. The van der Waals surface area contributed by atoms with E-state index >= 15 is 0 Å². The zero-order valence-corrected chi connectivity index (χ0v) is 4.51. The van der Waals surface area contributed by atoms with Crippen molar-refractivity contribution in [3.63, 3.8) is 0 Å². The largest absolute Gasteiger partial charge is 0.265 e. The average molecular weight is 132 g/mol. The Morgan fingerprint density at radius 1 is 1.88 bits per heavy atom. The minimum Gasteiger partial charge on any atom is -0.265 e. The molecule has 0 aliphatic rings. The van der Waals surface area contributed by atoms with E-state index < -0.39 is 0 Å². The molecule has 8 heavy (non-hydrogen) atoms. The van der Waals surface area contributed by atoms with Crippen LogP contribution in [0.4, 0.5) is 5.69 Å². The molecule has 0 aromatic carbocycles. The van der Waals surface area contributed by atoms with E-state index in [4.69, 9.17) is 11.6 Å². The fraction of sp³-hybridized carbons (Fsp3) is 0. The number of hydrogen-bond acceptors (Lipinski definition) is 3. The highest BCUT2D eigenvalue weighted by Crippen LogP contribution is 2.19. The SMILES string of the molecule is O=Nc1cn[nH]c1Cl. The van der Waals surface area contributed by atoms with E-state index in [9.17, 15) is 4.91 Å². The lowest BCUT2D eigenvalue weighted by molar-refractivity contribution is 1.09. The number of aromatic amines is 1. The van der Waals surface area contributed by atoms with Crippen LogP contribution in [0.15, 0.2) is 11.4 Å². The molecule has 0 aliphatic heterocycles. The first-order chi connectivity index (χ1) is 3.84. The van der Waals surface area contributed by atoms with E-state index in [0.29, 0.717) is 0 Å². The zero-order valence-electron chi connectivity index (χ0n) is 3.76. The number of rotatable bonds is 1. The van der Waals surface area contributed by atoms with Gasteiger partial charge in [-0.1, -0.05) is 11.6 Å². The minimum atomic E-state index is 0.145. The van der Waals surface area contributed by atoms with Crippen molar-refractivity contribution >= 4 is 17.3 Å². The first-order valence-electron chi connectivity index (χ1n) is 1.87. The Morgan fingerprint density at radius 3 is 2.88 bits per heavy atom. The highest BCUT2D eigenvalue weighted by Gasteiger charge is 1.98. The van der Waals surface area contributed by atoms with Crippen molar-refractivity contribution in [1.82, 2.24) is 10.2 Å². The normalized spacial score (nSPS) is 9.12. The van der Waals surface area contributed by atoms with Gasteiger partial charge in [-0.3, -0.25) is 5.10 Å². The third-order valence-electron chi connectivity index (χ3n) is 0.673. The van der Waals surface area contributed by atoms with Gasteiger partial charge in [0.25, 0.3) is 0 Å². The maximum absolute atomic E-state index is 9.69. The number of halogens is 1. The monoisotopic (exact) mass is 131 g/mol. The van der Waals surface area contributed by atoms with E-state index in [-0.39, 0.29) is 10.8 Å². The number of hydrogen-bond donors (Lipinski definition) is 1. The highest BCUT2D eigenvalue weighted by atomic mass is 35.5. The van der Waals surface area contributed by atoms with Crippen LogP contribution >= 0.6 is 11.6 Å². The Labute approximate surface area is 49.8 Å². The van der Waals surface area contributed by atoms with Crippen molar-refractivity contribution in [2.24, 2.45) is 5.18 Å². The van der Waals surface area contributed by atoms with Crippen LogP contribution < -0.4 is 0 Å². The van der Waals surface area contributed by atoms with Gasteiger partial charge in [0.2, 0.25) is 0 Å². The molecule has 0 aliphatic carbocycles. The highest BCUT2D eigenvalue weighted by molar-refractivity contribution is 6.31. The Bertz CT molecular complexity index is 196. The van der Waals surface area contributed by atoms with Crippen molar-refractivity contribution in [1.29, 1.82) is 0 Å². The van der Waals surface area contributed by atoms with E-state index in [2.05, 4.69) is 15.4 Å². The molecule has 0 saturated carbocycles. The number of nitroso groups, excluding NO2 is 1. The van der Waals surface area contributed by atoms with Gasteiger partial charge in [-0.15, -0.1) is 4.91 Å². The smallest absolute Gasteiger partial charge is 0.164 e. The quantitative estimate of drug-likeness (QED) is 0.587. The lowest BCUT2D eigenvalue weighted by Gasteiger charge is -1.73. The molecule has 0 radical (unpaired) electrons. The lowest BCUT2D eigenvalue weighted by atomic mass is 10.6. The second-order valence-corrected chi connectivity index (χ2v) is 1.54. The zero-order chi connectivity index (χ0) is 5.98. The van der Waals surface area contributed by atoms with Crippen LogP contribution in [0.1, 0.15) is 0 Å². The summed E-state index contributed by atoms with van der Waals surface area (Å²) < 4.78 is 0. The summed E-state index contributed by atoms with van der Waals surface area (Å²) in [5.74, 6) is 0. The minimum absolute atomic E-state index is 0.145. The molecule has 42 valence electrons. The molecule has 0 fully saturated rings. The Kier molecular flexibility index (Phi) is 1.26. The summed E-state index contributed by atoms with van der Waals surface area (Å²) >= 11 is 5.33. The van der Waals surface area contributed by atoms with Crippen molar-refractivity contribution in [2.75, 3.05) is 0 Å². The average Bonchev–Trinajstić information content (AvgIpc) is 2.14. The van der Waals surface area contributed by atoms with Crippen molar-refractivity contribution < 1.29 is 0 Å². The first-order valence-corrected chi connectivity index (χ1v) is 2.24. The van der Waals surface area contributed by atoms with E-state index in [1.807, 2.05) is 0 Å². The van der Waals surface area contributed by atoms with Gasteiger partial charge < -0.3 is 0 Å². The first kappa shape index (κ1) is 5.24. The van der Waals surface area contributed by atoms with E-state index in [1.54, 1.807) is 0 Å². The molecular weight excluding hydrogens is 130 g/mol. The summed E-state index contributed by atoms with van der Waals surface area (Å²) in [6.45, 7) is 0. The molecule has 0 saturated heterocycles. The molecule has 0 bridgehead atoms. The fourth-order valence-corrected chi connectivity index (χ4v) is 0.460. The summed E-state index contributed by atoms with van der Waals surface area (Å²) in [4.78, 5) is 9.69. The molecule has 1 heterocycles. The van der Waals surface area contributed by atoms with Crippen LogP contribution in [0, 0.1) is 4.91 Å². The van der Waals surface area contributed by atoms with Crippen LogP contribution in [0.2, 0.25) is 5.15 Å². The van der Waals surface area contributed by atoms with Gasteiger partial charge in [0.15, 0.2) is 10.8 Å². The second-order valence-electron chi connectivity index (χ2n) is 1.16. The van der Waals surface area contributed by atoms with Gasteiger partial charge in [0, 0.05) is 0 Å². The van der Waals surface area contributed by atoms with Gasteiger partial charge in [-0.25, -0.2) is 0 Å². The molecule has 5 heteroatoms. The Balaban J connectivity index is 3.09. The topological polar surface area (TPSA) is 58.1 Å². The molecule has 1 aromatic rings. The number of H-pyrrole nitrogens is 1. The van der Waals surface area contributed by atoms with Gasteiger partial charge in [-0.2, -0.15) is 5.10 Å². The van der Waals surface area contributed by atoms with Crippen LogP contribution in [0.5, 0.6) is 0 Å². The Morgan fingerprint density at radius 2 is 2.62 bits per heavy atom. The molecule has 0 amide bonds. The van der Waals surface area contributed by atoms with Gasteiger partial charge in [0.1, 0.15) is 0 Å². The predicted octanol–water partition coefficient (Wildman–Crippen LogP) is 1.46. The van der Waals surface area contributed by atoms with Crippen molar-refractivity contribution in [3.8, 4) is 0 Å². The van der Waals surface area contributed by atoms with Crippen molar-refractivity contribution in [2.45, 2.75) is 0 Å². The summed E-state index contributed by atoms with van der Waals surface area (Å²) in [7, 11) is 0. The molecule has 0 atom stereocenters. The molecular formula is C3H2ClN3O. The van der Waals surface area contributed by atoms with Crippen molar-refractivity contribution in [3.05, 3.63) is 16.3 Å². The van der Waals surface area contributed by atoms with Gasteiger partial charge >= 0.3 is 0 Å². The fourth-order valence-electron chi connectivity index (χ4n) is 0.328. The van der Waals surface area contributed by atoms with E-state index in [1.165, 1.54) is 6.20 Å². The molecule has 1 rings (SSSR count). The van der Waals surface area contributed by atoms with Crippen LogP contribution in [0.25, 0.3) is 0 Å². The number of nitrogens with zero attached hydrogens (tertiary/aromatic N) is 2. The predicted molar refractivity (Wildman–Crippen MR) is 29.1 cm³/mol. The summed E-state index contributed by atoms with van der Waals surface area (Å²) in [5.41, 5.74) is 0.145. The summed E-state index contributed by atoms with van der Waals surface area (Å²) in [6.07, 6.45) is 1.26. The van der Waals surface area contributed by atoms with Gasteiger partial charge in [-0.05, 0) is 5.18 Å². The molecule has 0 unspecified atom stereocenters. The molecule has 0 spiro atoms. The lowest BCUT2D eigenvalue weighted by Crippen LogP contribution is -1.59. The Hall–Kier alpha value is -0.900. The van der Waals surface area contributed by atoms with Gasteiger partial charge in [0.05, 0.1) is 6.20 Å². The maximum atomic E-state index is 9.69. The summed E-state index contributed by atoms with van der Waals surface area (Å²) in [5, 5.41) is 8.52.